The lowest BCUT2D eigenvalue weighted by atomic mass is 10.1. The Morgan fingerprint density at radius 3 is 2.67 bits per heavy atom. The van der Waals surface area contributed by atoms with E-state index in [1.54, 1.807) is 7.05 Å². The van der Waals surface area contributed by atoms with Crippen molar-refractivity contribution in [2.24, 2.45) is 4.99 Å². The number of hydrogen-bond donors (Lipinski definition) is 3. The Morgan fingerprint density at radius 2 is 1.90 bits per heavy atom. The van der Waals surface area contributed by atoms with Crippen molar-refractivity contribution in [2.75, 3.05) is 20.1 Å². The Balaban J connectivity index is 1.56. The number of rotatable bonds is 8. The van der Waals surface area contributed by atoms with Gasteiger partial charge in [-0.05, 0) is 31.0 Å². The molecule has 0 spiro atoms. The van der Waals surface area contributed by atoms with E-state index in [2.05, 4.69) is 26.1 Å². The fraction of sp³-hybridized carbons (Fsp3) is 0.261. The normalized spacial score (nSPS) is 11.2. The minimum atomic E-state index is -0.0813. The number of carbonyl (C=O) groups excluding carboxylic acids is 1. The lowest BCUT2D eigenvalue weighted by Crippen LogP contribution is -2.38. The Morgan fingerprint density at radius 1 is 1.07 bits per heavy atom. The first kappa shape index (κ1) is 21.1. The highest BCUT2D eigenvalue weighted by atomic mass is 16.5. The van der Waals surface area contributed by atoms with E-state index in [1.165, 1.54) is 0 Å². The van der Waals surface area contributed by atoms with Crippen molar-refractivity contribution in [1.29, 1.82) is 0 Å². The molecule has 3 rings (SSSR count). The predicted octanol–water partition coefficient (Wildman–Crippen LogP) is 3.00. The lowest BCUT2D eigenvalue weighted by Gasteiger charge is -2.11. The maximum atomic E-state index is 11.8. The van der Waals surface area contributed by atoms with Gasteiger partial charge in [-0.3, -0.25) is 4.79 Å². The van der Waals surface area contributed by atoms with Crippen molar-refractivity contribution in [3.05, 3.63) is 77.5 Å². The summed E-state index contributed by atoms with van der Waals surface area (Å²) in [5.74, 6) is 1.36. The van der Waals surface area contributed by atoms with E-state index >= 15 is 0 Å². The van der Waals surface area contributed by atoms with Gasteiger partial charge in [0.1, 0.15) is 5.69 Å². The number of aliphatic imine (C=N–C) groups is 1. The fourth-order valence-corrected chi connectivity index (χ4v) is 2.96. The van der Waals surface area contributed by atoms with Crippen LogP contribution >= 0.6 is 0 Å². The van der Waals surface area contributed by atoms with E-state index in [-0.39, 0.29) is 5.91 Å². The third kappa shape index (κ3) is 5.94. The molecule has 1 aromatic heterocycles. The summed E-state index contributed by atoms with van der Waals surface area (Å²) in [6.07, 6.45) is 0.775. The van der Waals surface area contributed by atoms with Crippen LogP contribution in [0.1, 0.15) is 28.5 Å². The van der Waals surface area contributed by atoms with Crippen LogP contribution in [0.15, 0.2) is 70.2 Å². The van der Waals surface area contributed by atoms with E-state index in [0.29, 0.717) is 24.6 Å². The largest absolute Gasteiger partial charge is 0.357 e. The first-order valence-corrected chi connectivity index (χ1v) is 10.0. The average Bonchev–Trinajstić information content (AvgIpc) is 3.27. The summed E-state index contributed by atoms with van der Waals surface area (Å²) in [5.41, 5.74) is 3.51. The molecule has 0 saturated heterocycles. The van der Waals surface area contributed by atoms with Crippen LogP contribution in [0.3, 0.4) is 0 Å². The number of guanidine groups is 1. The highest BCUT2D eigenvalue weighted by Crippen LogP contribution is 2.19. The van der Waals surface area contributed by atoms with Gasteiger partial charge < -0.3 is 20.5 Å². The minimum absolute atomic E-state index is 0.0813. The maximum absolute atomic E-state index is 11.8. The standard InChI is InChI=1S/C23H27N5O2/c1-3-25-23(26-13-12-17-8-7-11-19(14-17)22(29)24-2)27-16-20-15-21(30-28-20)18-9-5-4-6-10-18/h4-11,14-15H,3,12-13,16H2,1-2H3,(H,24,29)(H2,25,26,27). The Kier molecular flexibility index (Phi) is 7.60. The van der Waals surface area contributed by atoms with Crippen molar-refractivity contribution in [3.63, 3.8) is 0 Å². The zero-order valence-corrected chi connectivity index (χ0v) is 17.3. The average molecular weight is 406 g/mol. The molecule has 2 aromatic carbocycles. The van der Waals surface area contributed by atoms with Gasteiger partial charge in [0, 0.05) is 37.3 Å². The summed E-state index contributed by atoms with van der Waals surface area (Å²) >= 11 is 0. The first-order chi connectivity index (χ1) is 14.7. The molecule has 1 heterocycles. The van der Waals surface area contributed by atoms with Gasteiger partial charge in [-0.2, -0.15) is 0 Å². The SMILES string of the molecule is CCNC(=NCc1cc(-c2ccccc2)on1)NCCc1cccc(C(=O)NC)c1. The van der Waals surface area contributed by atoms with Crippen molar-refractivity contribution >= 4 is 11.9 Å². The zero-order valence-electron chi connectivity index (χ0n) is 17.3. The monoisotopic (exact) mass is 405 g/mol. The van der Waals surface area contributed by atoms with Gasteiger partial charge in [-0.15, -0.1) is 0 Å². The second-order valence-electron chi connectivity index (χ2n) is 6.70. The summed E-state index contributed by atoms with van der Waals surface area (Å²) in [5, 5.41) is 13.3. The Bertz CT molecular complexity index is 982. The van der Waals surface area contributed by atoms with Gasteiger partial charge in [0.2, 0.25) is 0 Å². The van der Waals surface area contributed by atoms with E-state index in [0.717, 1.165) is 35.5 Å². The zero-order chi connectivity index (χ0) is 21.2. The number of nitrogens with zero attached hydrogens (tertiary/aromatic N) is 2. The van der Waals surface area contributed by atoms with Gasteiger partial charge >= 0.3 is 0 Å². The molecule has 3 aromatic rings. The predicted molar refractivity (Wildman–Crippen MR) is 118 cm³/mol. The highest BCUT2D eigenvalue weighted by Gasteiger charge is 2.07. The molecule has 30 heavy (non-hydrogen) atoms. The first-order valence-electron chi connectivity index (χ1n) is 10.0. The smallest absolute Gasteiger partial charge is 0.251 e. The molecule has 7 heteroatoms. The maximum Gasteiger partial charge on any atom is 0.251 e. The van der Waals surface area contributed by atoms with Crippen molar-refractivity contribution < 1.29 is 9.32 Å². The quantitative estimate of drug-likeness (QED) is 0.396. The Hall–Kier alpha value is -3.61. The number of benzene rings is 2. The molecule has 0 aliphatic heterocycles. The molecule has 156 valence electrons. The summed E-state index contributed by atoms with van der Waals surface area (Å²) in [4.78, 5) is 16.4. The number of nitrogens with one attached hydrogen (secondary N) is 3. The second-order valence-corrected chi connectivity index (χ2v) is 6.70. The summed E-state index contributed by atoms with van der Waals surface area (Å²) < 4.78 is 5.43. The number of amides is 1. The lowest BCUT2D eigenvalue weighted by molar-refractivity contribution is 0.0963. The van der Waals surface area contributed by atoms with E-state index < -0.39 is 0 Å². The molecule has 1 amide bonds. The van der Waals surface area contributed by atoms with Crippen molar-refractivity contribution in [2.45, 2.75) is 19.9 Å². The van der Waals surface area contributed by atoms with Crippen molar-refractivity contribution in [1.82, 2.24) is 21.1 Å². The molecule has 7 nitrogen and oxygen atoms in total. The van der Waals surface area contributed by atoms with Gasteiger partial charge in [0.15, 0.2) is 11.7 Å². The fourth-order valence-electron chi connectivity index (χ4n) is 2.96. The Labute approximate surface area is 176 Å². The molecule has 0 saturated carbocycles. The molecule has 3 N–H and O–H groups in total. The van der Waals surface area contributed by atoms with Gasteiger partial charge in [0.05, 0.1) is 6.54 Å². The van der Waals surface area contributed by atoms with Crippen LogP contribution in [-0.2, 0) is 13.0 Å². The molecule has 0 bridgehead atoms. The van der Waals surface area contributed by atoms with E-state index in [4.69, 9.17) is 4.52 Å². The molecule has 0 fully saturated rings. The second kappa shape index (κ2) is 10.8. The summed E-state index contributed by atoms with van der Waals surface area (Å²) in [6, 6.07) is 19.4. The van der Waals surface area contributed by atoms with E-state index in [9.17, 15) is 4.79 Å². The molecule has 0 aliphatic rings. The third-order valence-corrected chi connectivity index (χ3v) is 4.48. The van der Waals surface area contributed by atoms with Gasteiger partial charge in [-0.1, -0.05) is 47.6 Å². The molecule has 0 atom stereocenters. The number of aromatic nitrogens is 1. The van der Waals surface area contributed by atoms with Crippen molar-refractivity contribution in [3.8, 4) is 11.3 Å². The summed E-state index contributed by atoms with van der Waals surface area (Å²) in [6.45, 7) is 3.88. The van der Waals surface area contributed by atoms with Crippen LogP contribution in [0, 0.1) is 0 Å². The van der Waals surface area contributed by atoms with Gasteiger partial charge in [0.25, 0.3) is 5.91 Å². The molecule has 0 aliphatic carbocycles. The highest BCUT2D eigenvalue weighted by molar-refractivity contribution is 5.94. The van der Waals surface area contributed by atoms with Crippen LogP contribution in [0.5, 0.6) is 0 Å². The number of hydrogen-bond acceptors (Lipinski definition) is 4. The number of carbonyl (C=O) groups is 1. The summed E-state index contributed by atoms with van der Waals surface area (Å²) in [7, 11) is 1.63. The minimum Gasteiger partial charge on any atom is -0.357 e. The van der Waals surface area contributed by atoms with Crippen LogP contribution in [-0.4, -0.2) is 37.2 Å². The van der Waals surface area contributed by atoms with Crippen LogP contribution in [0.25, 0.3) is 11.3 Å². The van der Waals surface area contributed by atoms with Crippen LogP contribution in [0.4, 0.5) is 0 Å². The van der Waals surface area contributed by atoms with Gasteiger partial charge in [-0.25, -0.2) is 4.99 Å². The van der Waals surface area contributed by atoms with Crippen LogP contribution in [0.2, 0.25) is 0 Å². The third-order valence-electron chi connectivity index (χ3n) is 4.48. The molecule has 0 radical (unpaired) electrons. The van der Waals surface area contributed by atoms with Crippen LogP contribution < -0.4 is 16.0 Å². The molecular formula is C23H27N5O2. The molecule has 0 unspecified atom stereocenters. The van der Waals surface area contributed by atoms with E-state index in [1.807, 2.05) is 67.6 Å². The topological polar surface area (TPSA) is 91.6 Å². The molecular weight excluding hydrogens is 378 g/mol.